The number of nitrogens with one attached hydrogen (secondary N) is 1. The van der Waals surface area contributed by atoms with E-state index in [2.05, 4.69) is 30.2 Å². The van der Waals surface area contributed by atoms with Gasteiger partial charge in [-0.3, -0.25) is 4.79 Å². The van der Waals surface area contributed by atoms with Gasteiger partial charge in [-0.25, -0.2) is 4.98 Å². The number of hydrogen-bond acceptors (Lipinski definition) is 4. The Balaban J connectivity index is 2.05. The molecule has 2 heterocycles. The van der Waals surface area contributed by atoms with Crippen LogP contribution >= 0.6 is 22.9 Å². The van der Waals surface area contributed by atoms with Gasteiger partial charge in [0.15, 0.2) is 0 Å². The molecule has 6 heteroatoms. The molecule has 3 N–H and O–H groups in total. The lowest BCUT2D eigenvalue weighted by Crippen LogP contribution is -2.22. The predicted octanol–water partition coefficient (Wildman–Crippen LogP) is 2.93. The van der Waals surface area contributed by atoms with Crippen molar-refractivity contribution in [3.05, 3.63) is 44.2 Å². The highest BCUT2D eigenvalue weighted by Crippen LogP contribution is 2.20. The van der Waals surface area contributed by atoms with Crippen LogP contribution in [-0.2, 0) is 6.54 Å². The fourth-order valence-corrected chi connectivity index (χ4v) is 2.86. The Bertz CT molecular complexity index is 585. The van der Waals surface area contributed by atoms with Gasteiger partial charge in [0.1, 0.15) is 11.0 Å². The smallest absolute Gasteiger partial charge is 0.251 e. The summed E-state index contributed by atoms with van der Waals surface area (Å²) in [7, 11) is 0. The highest BCUT2D eigenvalue weighted by Gasteiger charge is 2.09. The van der Waals surface area contributed by atoms with Gasteiger partial charge in [-0.2, -0.15) is 0 Å². The fraction of sp³-hybridized carbons (Fsp3) is 0.231. The standard InChI is InChI=1S/C13H14ClN3OS/c1-7-3-10(19-8(7)2)6-16-13(18)9-4-11(14)17-12(15)5-9/h3-5H,6H2,1-2H3,(H2,15,17)(H,16,18). The molecule has 0 bridgehead atoms. The van der Waals surface area contributed by atoms with Crippen LogP contribution in [0.5, 0.6) is 0 Å². The van der Waals surface area contributed by atoms with Crippen molar-refractivity contribution in [2.24, 2.45) is 0 Å². The molecule has 0 saturated carbocycles. The van der Waals surface area contributed by atoms with Crippen molar-refractivity contribution in [3.8, 4) is 0 Å². The fourth-order valence-electron chi connectivity index (χ4n) is 1.65. The van der Waals surface area contributed by atoms with E-state index in [-0.39, 0.29) is 16.9 Å². The molecule has 0 aliphatic carbocycles. The Kier molecular flexibility index (Phi) is 4.07. The lowest BCUT2D eigenvalue weighted by molar-refractivity contribution is 0.0951. The minimum absolute atomic E-state index is 0.209. The minimum atomic E-state index is -0.209. The molecule has 0 aliphatic rings. The number of rotatable bonds is 3. The summed E-state index contributed by atoms with van der Waals surface area (Å²) in [6.45, 7) is 4.62. The number of anilines is 1. The van der Waals surface area contributed by atoms with Gasteiger partial charge in [0.05, 0.1) is 6.54 Å². The van der Waals surface area contributed by atoms with E-state index >= 15 is 0 Å². The van der Waals surface area contributed by atoms with E-state index in [1.807, 2.05) is 0 Å². The minimum Gasteiger partial charge on any atom is -0.384 e. The van der Waals surface area contributed by atoms with Crippen LogP contribution in [0.4, 0.5) is 5.82 Å². The van der Waals surface area contributed by atoms with Crippen molar-refractivity contribution in [2.75, 3.05) is 5.73 Å². The molecule has 0 spiro atoms. The van der Waals surface area contributed by atoms with Crippen LogP contribution in [-0.4, -0.2) is 10.9 Å². The maximum atomic E-state index is 12.0. The van der Waals surface area contributed by atoms with E-state index in [4.69, 9.17) is 17.3 Å². The molecule has 0 saturated heterocycles. The molecule has 2 aromatic rings. The molecule has 2 aromatic heterocycles. The molecular weight excluding hydrogens is 282 g/mol. The molecular formula is C13H14ClN3OS. The van der Waals surface area contributed by atoms with Gasteiger partial charge < -0.3 is 11.1 Å². The Morgan fingerprint density at radius 3 is 2.74 bits per heavy atom. The van der Waals surface area contributed by atoms with Gasteiger partial charge >= 0.3 is 0 Å². The van der Waals surface area contributed by atoms with Crippen molar-refractivity contribution in [2.45, 2.75) is 20.4 Å². The summed E-state index contributed by atoms with van der Waals surface area (Å²) in [5, 5.41) is 3.06. The Labute approximate surface area is 120 Å². The first-order chi connectivity index (χ1) is 8.95. The highest BCUT2D eigenvalue weighted by atomic mass is 35.5. The summed E-state index contributed by atoms with van der Waals surface area (Å²) in [6, 6.07) is 5.08. The summed E-state index contributed by atoms with van der Waals surface area (Å²) in [5.74, 6) is 0.0279. The number of halogens is 1. The third-order valence-electron chi connectivity index (χ3n) is 2.72. The number of thiophene rings is 1. The first kappa shape index (κ1) is 13.8. The van der Waals surface area contributed by atoms with Crippen molar-refractivity contribution in [1.29, 1.82) is 0 Å². The number of carbonyl (C=O) groups is 1. The zero-order valence-electron chi connectivity index (χ0n) is 10.7. The Morgan fingerprint density at radius 2 is 2.16 bits per heavy atom. The van der Waals surface area contributed by atoms with Gasteiger partial charge in [0.25, 0.3) is 5.91 Å². The molecule has 0 aliphatic heterocycles. The number of hydrogen-bond donors (Lipinski definition) is 2. The zero-order chi connectivity index (χ0) is 14.0. The summed E-state index contributed by atoms with van der Waals surface area (Å²) < 4.78 is 0. The second-order valence-corrected chi connectivity index (χ2v) is 5.97. The topological polar surface area (TPSA) is 68.0 Å². The van der Waals surface area contributed by atoms with E-state index in [9.17, 15) is 4.79 Å². The second-order valence-electron chi connectivity index (χ2n) is 4.24. The summed E-state index contributed by atoms with van der Waals surface area (Å²) in [5.41, 5.74) is 7.21. The first-order valence-electron chi connectivity index (χ1n) is 5.73. The maximum Gasteiger partial charge on any atom is 0.251 e. The molecule has 0 atom stereocenters. The molecule has 4 nitrogen and oxygen atoms in total. The van der Waals surface area contributed by atoms with Crippen LogP contribution in [0.1, 0.15) is 25.7 Å². The normalized spacial score (nSPS) is 10.5. The maximum absolute atomic E-state index is 12.0. The van der Waals surface area contributed by atoms with Gasteiger partial charge in [-0.05, 0) is 37.6 Å². The monoisotopic (exact) mass is 295 g/mol. The van der Waals surface area contributed by atoms with E-state index < -0.39 is 0 Å². The van der Waals surface area contributed by atoms with Gasteiger partial charge in [0.2, 0.25) is 0 Å². The van der Waals surface area contributed by atoms with E-state index in [0.29, 0.717) is 12.1 Å². The number of nitrogens with two attached hydrogens (primary N) is 1. The quantitative estimate of drug-likeness (QED) is 0.856. The Morgan fingerprint density at radius 1 is 1.42 bits per heavy atom. The SMILES string of the molecule is Cc1cc(CNC(=O)c2cc(N)nc(Cl)c2)sc1C. The molecule has 0 radical (unpaired) electrons. The molecule has 0 fully saturated rings. The molecule has 1 amide bonds. The number of nitrogen functional groups attached to an aromatic ring is 1. The number of nitrogens with zero attached hydrogens (tertiary/aromatic N) is 1. The summed E-state index contributed by atoms with van der Waals surface area (Å²) >= 11 is 7.45. The Hall–Kier alpha value is -1.59. The van der Waals surface area contributed by atoms with Gasteiger partial charge in [-0.1, -0.05) is 11.6 Å². The number of aryl methyl sites for hydroxylation is 2. The number of pyridine rings is 1. The molecule has 2 rings (SSSR count). The number of aromatic nitrogens is 1. The van der Waals surface area contributed by atoms with Crippen LogP contribution < -0.4 is 11.1 Å². The molecule has 100 valence electrons. The van der Waals surface area contributed by atoms with Gasteiger partial charge in [-0.15, -0.1) is 11.3 Å². The van der Waals surface area contributed by atoms with Crippen LogP contribution in [0.2, 0.25) is 5.15 Å². The zero-order valence-corrected chi connectivity index (χ0v) is 12.2. The lowest BCUT2D eigenvalue weighted by Gasteiger charge is -2.04. The third kappa shape index (κ3) is 3.45. The van der Waals surface area contributed by atoms with Crippen LogP contribution in [0, 0.1) is 13.8 Å². The van der Waals surface area contributed by atoms with Crippen molar-refractivity contribution in [1.82, 2.24) is 10.3 Å². The largest absolute Gasteiger partial charge is 0.384 e. The van der Waals surface area contributed by atoms with Crippen LogP contribution in [0.15, 0.2) is 18.2 Å². The third-order valence-corrected chi connectivity index (χ3v) is 4.06. The van der Waals surface area contributed by atoms with Gasteiger partial charge in [0, 0.05) is 15.3 Å². The van der Waals surface area contributed by atoms with Crippen LogP contribution in [0.25, 0.3) is 0 Å². The number of amides is 1. The average Bonchev–Trinajstić information content (AvgIpc) is 2.64. The van der Waals surface area contributed by atoms with E-state index in [0.717, 1.165) is 4.88 Å². The van der Waals surface area contributed by atoms with Crippen molar-refractivity contribution in [3.63, 3.8) is 0 Å². The summed E-state index contributed by atoms with van der Waals surface area (Å²) in [4.78, 5) is 18.2. The number of carbonyl (C=O) groups excluding carboxylic acids is 1. The molecule has 0 aromatic carbocycles. The van der Waals surface area contributed by atoms with Crippen LogP contribution in [0.3, 0.4) is 0 Å². The molecule has 0 unspecified atom stereocenters. The molecule has 19 heavy (non-hydrogen) atoms. The first-order valence-corrected chi connectivity index (χ1v) is 6.92. The lowest BCUT2D eigenvalue weighted by atomic mass is 10.2. The highest BCUT2D eigenvalue weighted by molar-refractivity contribution is 7.12. The van der Waals surface area contributed by atoms with Crippen molar-refractivity contribution >= 4 is 34.7 Å². The average molecular weight is 296 g/mol. The van der Waals surface area contributed by atoms with Crippen molar-refractivity contribution < 1.29 is 4.79 Å². The van der Waals surface area contributed by atoms with E-state index in [1.165, 1.54) is 22.6 Å². The van der Waals surface area contributed by atoms with E-state index in [1.54, 1.807) is 11.3 Å². The second kappa shape index (κ2) is 5.59. The predicted molar refractivity (Wildman–Crippen MR) is 78.6 cm³/mol. The summed E-state index contributed by atoms with van der Waals surface area (Å²) in [6.07, 6.45) is 0.